The van der Waals surface area contributed by atoms with E-state index in [1.807, 2.05) is 6.07 Å². The highest BCUT2D eigenvalue weighted by atomic mass is 35.5. The summed E-state index contributed by atoms with van der Waals surface area (Å²) in [6, 6.07) is 12.9. The summed E-state index contributed by atoms with van der Waals surface area (Å²) >= 11 is 5.89. The molecule has 0 aromatic heterocycles. The van der Waals surface area contributed by atoms with Crippen molar-refractivity contribution in [3.8, 4) is 0 Å². The summed E-state index contributed by atoms with van der Waals surface area (Å²) < 4.78 is 13.4. The number of anilines is 2. The maximum absolute atomic E-state index is 13.4. The fourth-order valence-corrected chi connectivity index (χ4v) is 3.01. The van der Waals surface area contributed by atoms with Crippen LogP contribution in [-0.2, 0) is 6.54 Å². The minimum absolute atomic E-state index is 0.299. The van der Waals surface area contributed by atoms with Crippen molar-refractivity contribution in [2.45, 2.75) is 19.4 Å². The maximum atomic E-state index is 13.4. The number of para-hydroxylation sites is 2. The van der Waals surface area contributed by atoms with Gasteiger partial charge >= 0.3 is 0 Å². The summed E-state index contributed by atoms with van der Waals surface area (Å²) in [4.78, 5) is 2.39. The van der Waals surface area contributed by atoms with E-state index in [4.69, 9.17) is 11.6 Å². The molecule has 0 unspecified atom stereocenters. The largest absolute Gasteiger partial charge is 0.379 e. The molecule has 2 aromatic rings. The lowest BCUT2D eigenvalue weighted by atomic mass is 10.2. The average molecular weight is 305 g/mol. The molecule has 21 heavy (non-hydrogen) atoms. The van der Waals surface area contributed by atoms with Crippen molar-refractivity contribution in [1.29, 1.82) is 0 Å². The molecule has 2 aromatic carbocycles. The van der Waals surface area contributed by atoms with E-state index < -0.39 is 0 Å². The topological polar surface area (TPSA) is 15.3 Å². The van der Waals surface area contributed by atoms with Gasteiger partial charge in [-0.1, -0.05) is 23.7 Å². The lowest BCUT2D eigenvalue weighted by molar-refractivity contribution is 0.626. The highest BCUT2D eigenvalue weighted by Gasteiger charge is 2.15. The summed E-state index contributed by atoms with van der Waals surface area (Å²) in [6.07, 6.45) is 2.49. The first-order valence-electron chi connectivity index (χ1n) is 7.25. The van der Waals surface area contributed by atoms with E-state index in [0.29, 0.717) is 11.6 Å². The van der Waals surface area contributed by atoms with Crippen molar-refractivity contribution in [2.24, 2.45) is 0 Å². The fraction of sp³-hybridized carbons (Fsp3) is 0.294. The molecule has 1 heterocycles. The number of hydrogen-bond acceptors (Lipinski definition) is 2. The first kappa shape index (κ1) is 14.2. The number of benzene rings is 2. The molecular formula is C17H18ClFN2. The van der Waals surface area contributed by atoms with Gasteiger partial charge in [0, 0.05) is 24.7 Å². The average Bonchev–Trinajstić information content (AvgIpc) is 2.98. The monoisotopic (exact) mass is 304 g/mol. The van der Waals surface area contributed by atoms with Gasteiger partial charge in [0.2, 0.25) is 0 Å². The Morgan fingerprint density at radius 1 is 1.10 bits per heavy atom. The van der Waals surface area contributed by atoms with E-state index in [2.05, 4.69) is 28.4 Å². The van der Waals surface area contributed by atoms with Crippen molar-refractivity contribution in [2.75, 3.05) is 23.3 Å². The molecule has 1 N–H and O–H groups in total. The van der Waals surface area contributed by atoms with Crippen molar-refractivity contribution in [3.05, 3.63) is 58.9 Å². The van der Waals surface area contributed by atoms with Crippen LogP contribution in [0.15, 0.2) is 42.5 Å². The van der Waals surface area contributed by atoms with Crippen LogP contribution in [0.25, 0.3) is 0 Å². The molecule has 1 fully saturated rings. The molecule has 1 aliphatic heterocycles. The first-order valence-corrected chi connectivity index (χ1v) is 7.63. The zero-order chi connectivity index (χ0) is 14.7. The number of hydrogen-bond donors (Lipinski definition) is 1. The zero-order valence-corrected chi connectivity index (χ0v) is 12.5. The molecule has 0 spiro atoms. The Bertz CT molecular complexity index is 604. The van der Waals surface area contributed by atoms with E-state index in [9.17, 15) is 4.39 Å². The van der Waals surface area contributed by atoms with Gasteiger partial charge in [0.05, 0.1) is 11.4 Å². The quantitative estimate of drug-likeness (QED) is 0.881. The van der Waals surface area contributed by atoms with Gasteiger partial charge < -0.3 is 10.2 Å². The number of rotatable bonds is 4. The molecule has 4 heteroatoms. The lowest BCUT2D eigenvalue weighted by Crippen LogP contribution is -2.19. The second-order valence-electron chi connectivity index (χ2n) is 5.34. The van der Waals surface area contributed by atoms with Crippen LogP contribution in [0, 0.1) is 5.82 Å². The highest BCUT2D eigenvalue weighted by Crippen LogP contribution is 2.29. The van der Waals surface area contributed by atoms with Crippen LogP contribution < -0.4 is 10.2 Å². The normalized spacial score (nSPS) is 14.5. The molecule has 2 nitrogen and oxygen atoms in total. The Kier molecular flexibility index (Phi) is 4.30. The summed E-state index contributed by atoms with van der Waals surface area (Å²) in [5, 5.41) is 3.82. The predicted molar refractivity (Wildman–Crippen MR) is 86.6 cm³/mol. The van der Waals surface area contributed by atoms with E-state index in [1.165, 1.54) is 30.7 Å². The van der Waals surface area contributed by atoms with Gasteiger partial charge in [-0.25, -0.2) is 4.39 Å². The third-order valence-electron chi connectivity index (χ3n) is 3.76. The highest BCUT2D eigenvalue weighted by molar-refractivity contribution is 6.30. The van der Waals surface area contributed by atoms with Crippen LogP contribution in [0.4, 0.5) is 15.8 Å². The van der Waals surface area contributed by atoms with Crippen LogP contribution >= 0.6 is 11.6 Å². The van der Waals surface area contributed by atoms with E-state index in [-0.39, 0.29) is 5.82 Å². The first-order chi connectivity index (χ1) is 10.2. The Labute approximate surface area is 129 Å². The molecule has 0 bridgehead atoms. The molecular weight excluding hydrogens is 287 g/mol. The lowest BCUT2D eigenvalue weighted by Gasteiger charge is -2.22. The van der Waals surface area contributed by atoms with Crippen LogP contribution in [0.1, 0.15) is 18.4 Å². The predicted octanol–water partition coefficient (Wildman–Crippen LogP) is 4.69. The van der Waals surface area contributed by atoms with E-state index >= 15 is 0 Å². The van der Waals surface area contributed by atoms with Gasteiger partial charge in [0.1, 0.15) is 5.82 Å². The van der Waals surface area contributed by atoms with Crippen molar-refractivity contribution in [3.63, 3.8) is 0 Å². The van der Waals surface area contributed by atoms with Crippen LogP contribution in [0.2, 0.25) is 5.02 Å². The van der Waals surface area contributed by atoms with Gasteiger partial charge in [-0.3, -0.25) is 0 Å². The fourth-order valence-electron chi connectivity index (χ4n) is 2.77. The summed E-state index contributed by atoms with van der Waals surface area (Å²) in [5.74, 6) is -0.299. The minimum Gasteiger partial charge on any atom is -0.379 e. The number of nitrogens with zero attached hydrogens (tertiary/aromatic N) is 1. The number of nitrogens with one attached hydrogen (secondary N) is 1. The van der Waals surface area contributed by atoms with Gasteiger partial charge in [-0.2, -0.15) is 0 Å². The summed E-state index contributed by atoms with van der Waals surface area (Å²) in [5.41, 5.74) is 3.15. The third-order valence-corrected chi connectivity index (χ3v) is 3.97. The summed E-state index contributed by atoms with van der Waals surface area (Å²) in [7, 11) is 0. The van der Waals surface area contributed by atoms with Crippen LogP contribution in [0.5, 0.6) is 0 Å². The SMILES string of the molecule is Fc1cc(Cl)cc(CNc2ccccc2N2CCCC2)c1. The minimum atomic E-state index is -0.299. The molecule has 0 atom stereocenters. The van der Waals surface area contributed by atoms with Crippen LogP contribution in [-0.4, -0.2) is 13.1 Å². The van der Waals surface area contributed by atoms with Gasteiger partial charge in [-0.05, 0) is 48.7 Å². The standard InChI is InChI=1S/C17H18ClFN2/c18-14-9-13(10-15(19)11-14)12-20-16-5-1-2-6-17(16)21-7-3-4-8-21/h1-2,5-6,9-11,20H,3-4,7-8,12H2. The van der Waals surface area contributed by atoms with Crippen molar-refractivity contribution < 1.29 is 4.39 Å². The molecule has 1 saturated heterocycles. The van der Waals surface area contributed by atoms with Crippen molar-refractivity contribution in [1.82, 2.24) is 0 Å². The van der Waals surface area contributed by atoms with Gasteiger partial charge in [-0.15, -0.1) is 0 Å². The third kappa shape index (κ3) is 3.48. The molecule has 0 amide bonds. The Hall–Kier alpha value is -1.74. The molecule has 0 radical (unpaired) electrons. The number of halogens is 2. The zero-order valence-electron chi connectivity index (χ0n) is 11.8. The van der Waals surface area contributed by atoms with Crippen LogP contribution in [0.3, 0.4) is 0 Å². The van der Waals surface area contributed by atoms with Crippen molar-refractivity contribution >= 4 is 23.0 Å². The maximum Gasteiger partial charge on any atom is 0.125 e. The molecule has 0 saturated carbocycles. The molecule has 1 aliphatic rings. The van der Waals surface area contributed by atoms with Gasteiger partial charge in [0.15, 0.2) is 0 Å². The molecule has 110 valence electrons. The Balaban J connectivity index is 1.75. The Morgan fingerprint density at radius 3 is 2.62 bits per heavy atom. The second-order valence-corrected chi connectivity index (χ2v) is 5.78. The smallest absolute Gasteiger partial charge is 0.125 e. The molecule has 3 rings (SSSR count). The van der Waals surface area contributed by atoms with E-state index in [0.717, 1.165) is 24.3 Å². The van der Waals surface area contributed by atoms with Gasteiger partial charge in [0.25, 0.3) is 0 Å². The molecule has 0 aliphatic carbocycles. The summed E-state index contributed by atoms with van der Waals surface area (Å²) in [6.45, 7) is 2.76. The Morgan fingerprint density at radius 2 is 1.86 bits per heavy atom. The van der Waals surface area contributed by atoms with E-state index in [1.54, 1.807) is 6.07 Å². The second kappa shape index (κ2) is 6.35.